The quantitative estimate of drug-likeness (QED) is 0.838. The molecule has 0 radical (unpaired) electrons. The number of halogens is 1. The van der Waals surface area contributed by atoms with Gasteiger partial charge in [-0.1, -0.05) is 12.1 Å². The fourth-order valence-electron chi connectivity index (χ4n) is 1.79. The number of hydrogen-bond donors (Lipinski definition) is 1. The summed E-state index contributed by atoms with van der Waals surface area (Å²) in [6.45, 7) is 1.62. The van der Waals surface area contributed by atoms with Crippen molar-refractivity contribution in [3.63, 3.8) is 0 Å². The van der Waals surface area contributed by atoms with Gasteiger partial charge in [-0.3, -0.25) is 4.68 Å². The first-order chi connectivity index (χ1) is 7.51. The van der Waals surface area contributed by atoms with E-state index >= 15 is 0 Å². The summed E-state index contributed by atoms with van der Waals surface area (Å²) in [4.78, 5) is 0. The third-order valence-corrected chi connectivity index (χ3v) is 2.71. The maximum Gasteiger partial charge on any atom is 0.128 e. The summed E-state index contributed by atoms with van der Waals surface area (Å²) in [5, 5.41) is 14.4. The molecule has 1 aromatic carbocycles. The van der Waals surface area contributed by atoms with Gasteiger partial charge in [0.2, 0.25) is 0 Å². The van der Waals surface area contributed by atoms with Crippen LogP contribution in [0.2, 0.25) is 0 Å². The van der Waals surface area contributed by atoms with Crippen LogP contribution in [0.5, 0.6) is 0 Å². The molecule has 1 atom stereocenters. The predicted octanol–water partition coefficient (Wildman–Crippen LogP) is 1.81. The largest absolute Gasteiger partial charge is 0.379 e. The van der Waals surface area contributed by atoms with Crippen LogP contribution < -0.4 is 0 Å². The monoisotopic (exact) mass is 220 g/mol. The second-order valence-electron chi connectivity index (χ2n) is 3.92. The Morgan fingerprint density at radius 2 is 2.12 bits per heavy atom. The van der Waals surface area contributed by atoms with Gasteiger partial charge < -0.3 is 5.11 Å². The third-order valence-electron chi connectivity index (χ3n) is 2.71. The molecule has 0 aliphatic carbocycles. The molecule has 1 aromatic heterocycles. The number of nitrogens with zero attached hydrogens (tertiary/aromatic N) is 2. The van der Waals surface area contributed by atoms with Crippen molar-refractivity contribution in [3.8, 4) is 0 Å². The average Bonchev–Trinajstić information content (AvgIpc) is 2.65. The molecule has 16 heavy (non-hydrogen) atoms. The second kappa shape index (κ2) is 3.72. The molecule has 0 amide bonds. The molecule has 3 nitrogen and oxygen atoms in total. The zero-order valence-electron chi connectivity index (χ0n) is 9.18. The number of rotatable bonds is 2. The average molecular weight is 220 g/mol. The first kappa shape index (κ1) is 10.8. The molecule has 0 saturated heterocycles. The van der Waals surface area contributed by atoms with E-state index in [9.17, 15) is 9.50 Å². The van der Waals surface area contributed by atoms with Gasteiger partial charge in [0.1, 0.15) is 11.4 Å². The molecule has 1 unspecified atom stereocenters. The van der Waals surface area contributed by atoms with Crippen molar-refractivity contribution < 1.29 is 9.50 Å². The van der Waals surface area contributed by atoms with Crippen LogP contribution in [0.1, 0.15) is 18.2 Å². The Morgan fingerprint density at radius 1 is 1.38 bits per heavy atom. The summed E-state index contributed by atoms with van der Waals surface area (Å²) in [6, 6.07) is 7.66. The van der Waals surface area contributed by atoms with Crippen LogP contribution >= 0.6 is 0 Å². The molecule has 4 heteroatoms. The van der Waals surface area contributed by atoms with Gasteiger partial charge in [0.15, 0.2) is 0 Å². The number of aromatic nitrogens is 2. The van der Waals surface area contributed by atoms with Gasteiger partial charge in [-0.15, -0.1) is 0 Å². The summed E-state index contributed by atoms with van der Waals surface area (Å²) in [7, 11) is 1.74. The van der Waals surface area contributed by atoms with Crippen molar-refractivity contribution in [3.05, 3.63) is 53.6 Å². The van der Waals surface area contributed by atoms with E-state index in [2.05, 4.69) is 5.10 Å². The number of aliphatic hydroxyl groups is 1. The standard InChI is InChI=1S/C12H13FN2O/c1-12(16,11-6-7-14-15(11)2)9-4-3-5-10(13)8-9/h3-8,16H,1-2H3. The Kier molecular flexibility index (Phi) is 2.52. The Bertz CT molecular complexity index is 505. The topological polar surface area (TPSA) is 38.0 Å². The lowest BCUT2D eigenvalue weighted by molar-refractivity contribution is 0.0925. The third kappa shape index (κ3) is 1.72. The highest BCUT2D eigenvalue weighted by Gasteiger charge is 2.28. The smallest absolute Gasteiger partial charge is 0.128 e. The van der Waals surface area contributed by atoms with Gasteiger partial charge >= 0.3 is 0 Å². The molecule has 0 fully saturated rings. The van der Waals surface area contributed by atoms with Gasteiger partial charge in [0, 0.05) is 13.2 Å². The van der Waals surface area contributed by atoms with Crippen LogP contribution in [0.3, 0.4) is 0 Å². The van der Waals surface area contributed by atoms with Crippen molar-refractivity contribution in [2.45, 2.75) is 12.5 Å². The van der Waals surface area contributed by atoms with E-state index in [0.717, 1.165) is 0 Å². The molecule has 2 rings (SSSR count). The SMILES string of the molecule is Cn1nccc1C(C)(O)c1cccc(F)c1. The van der Waals surface area contributed by atoms with Gasteiger partial charge in [-0.2, -0.15) is 5.10 Å². The molecule has 0 saturated carbocycles. The zero-order valence-corrected chi connectivity index (χ0v) is 9.18. The Balaban J connectivity index is 2.51. The lowest BCUT2D eigenvalue weighted by atomic mass is 9.92. The molecule has 0 aliphatic rings. The van der Waals surface area contributed by atoms with Gasteiger partial charge in [-0.05, 0) is 30.7 Å². The normalized spacial score (nSPS) is 14.8. The fourth-order valence-corrected chi connectivity index (χ4v) is 1.79. The van der Waals surface area contributed by atoms with Crippen molar-refractivity contribution in [2.24, 2.45) is 7.05 Å². The Hall–Kier alpha value is -1.68. The van der Waals surface area contributed by atoms with Crippen LogP contribution in [-0.4, -0.2) is 14.9 Å². The minimum atomic E-state index is -1.24. The maximum absolute atomic E-state index is 13.1. The highest BCUT2D eigenvalue weighted by atomic mass is 19.1. The fraction of sp³-hybridized carbons (Fsp3) is 0.250. The first-order valence-electron chi connectivity index (χ1n) is 4.98. The highest BCUT2D eigenvalue weighted by Crippen LogP contribution is 2.28. The number of benzene rings is 1. The summed E-state index contributed by atoms with van der Waals surface area (Å²) in [5.74, 6) is -0.361. The predicted molar refractivity (Wildman–Crippen MR) is 58.3 cm³/mol. The van der Waals surface area contributed by atoms with E-state index < -0.39 is 5.60 Å². The van der Waals surface area contributed by atoms with E-state index in [1.807, 2.05) is 0 Å². The highest BCUT2D eigenvalue weighted by molar-refractivity contribution is 5.31. The molecular formula is C12H13FN2O. The minimum absolute atomic E-state index is 0.361. The van der Waals surface area contributed by atoms with Gasteiger partial charge in [-0.25, -0.2) is 4.39 Å². The first-order valence-corrected chi connectivity index (χ1v) is 4.98. The molecule has 2 aromatic rings. The van der Waals surface area contributed by atoms with E-state index in [1.165, 1.54) is 12.1 Å². The lowest BCUT2D eigenvalue weighted by Gasteiger charge is -2.24. The molecule has 0 aliphatic heterocycles. The molecular weight excluding hydrogens is 207 g/mol. The van der Waals surface area contributed by atoms with Gasteiger partial charge in [0.05, 0.1) is 5.69 Å². The van der Waals surface area contributed by atoms with Crippen molar-refractivity contribution >= 4 is 0 Å². The molecule has 1 heterocycles. The Morgan fingerprint density at radius 3 is 2.69 bits per heavy atom. The minimum Gasteiger partial charge on any atom is -0.379 e. The van der Waals surface area contributed by atoms with E-state index in [0.29, 0.717) is 11.3 Å². The van der Waals surface area contributed by atoms with Crippen LogP contribution in [0.4, 0.5) is 4.39 Å². The van der Waals surface area contributed by atoms with Crippen LogP contribution in [0.15, 0.2) is 36.5 Å². The summed E-state index contributed by atoms with van der Waals surface area (Å²) >= 11 is 0. The van der Waals surface area contributed by atoms with Crippen LogP contribution in [0.25, 0.3) is 0 Å². The molecule has 0 spiro atoms. The Labute approximate surface area is 93.2 Å². The van der Waals surface area contributed by atoms with Crippen LogP contribution in [0, 0.1) is 5.82 Å². The second-order valence-corrected chi connectivity index (χ2v) is 3.92. The van der Waals surface area contributed by atoms with Gasteiger partial charge in [0.25, 0.3) is 0 Å². The molecule has 84 valence electrons. The number of aryl methyl sites for hydroxylation is 1. The number of hydrogen-bond acceptors (Lipinski definition) is 2. The summed E-state index contributed by atoms with van der Waals surface area (Å²) < 4.78 is 14.7. The van der Waals surface area contributed by atoms with Crippen molar-refractivity contribution in [1.82, 2.24) is 9.78 Å². The molecule has 1 N–H and O–H groups in total. The van der Waals surface area contributed by atoms with E-state index in [-0.39, 0.29) is 5.82 Å². The summed E-state index contributed by atoms with van der Waals surface area (Å²) in [6.07, 6.45) is 1.60. The van der Waals surface area contributed by atoms with Crippen LogP contribution in [-0.2, 0) is 12.6 Å². The summed E-state index contributed by atoms with van der Waals surface area (Å²) in [5.41, 5.74) is -0.109. The molecule has 0 bridgehead atoms. The maximum atomic E-state index is 13.1. The zero-order chi connectivity index (χ0) is 11.8. The lowest BCUT2D eigenvalue weighted by Crippen LogP contribution is -2.26. The van der Waals surface area contributed by atoms with Crippen molar-refractivity contribution in [1.29, 1.82) is 0 Å². The van der Waals surface area contributed by atoms with E-state index in [1.54, 1.807) is 43.0 Å². The van der Waals surface area contributed by atoms with E-state index in [4.69, 9.17) is 0 Å². The van der Waals surface area contributed by atoms with Crippen molar-refractivity contribution in [2.75, 3.05) is 0 Å².